The number of nitrogens with zero attached hydrogens (tertiary/aromatic N) is 2. The van der Waals surface area contributed by atoms with Crippen LogP contribution in [-0.2, 0) is 0 Å². The minimum absolute atomic E-state index is 0.0221. The van der Waals surface area contributed by atoms with Crippen molar-refractivity contribution in [2.75, 3.05) is 19.6 Å². The smallest absolute Gasteiger partial charge is 0.253 e. The second kappa shape index (κ2) is 7.65. The Morgan fingerprint density at radius 3 is 2.89 bits per heavy atom. The topological polar surface area (TPSA) is 45.2 Å². The first-order valence-electron chi connectivity index (χ1n) is 9.92. The molecule has 1 unspecified atom stereocenters. The molecular weight excluding hydrogens is 334 g/mol. The zero-order valence-electron chi connectivity index (χ0n) is 16.1. The number of rotatable bonds is 4. The molecule has 1 saturated heterocycles. The van der Waals surface area contributed by atoms with Gasteiger partial charge in [0.15, 0.2) is 0 Å². The van der Waals surface area contributed by atoms with E-state index in [1.165, 1.54) is 19.4 Å². The summed E-state index contributed by atoms with van der Waals surface area (Å²) in [5.41, 5.74) is 1.45. The van der Waals surface area contributed by atoms with E-state index in [0.29, 0.717) is 17.5 Å². The second-order valence-corrected chi connectivity index (χ2v) is 7.85. The fourth-order valence-electron chi connectivity index (χ4n) is 4.17. The molecule has 0 saturated carbocycles. The average Bonchev–Trinajstić information content (AvgIpc) is 2.71. The number of amides is 1. The number of hydrogen-bond donors (Lipinski definition) is 1. The van der Waals surface area contributed by atoms with Gasteiger partial charge in [-0.1, -0.05) is 30.3 Å². The van der Waals surface area contributed by atoms with Crippen molar-refractivity contribution in [3.05, 3.63) is 54.2 Å². The predicted molar refractivity (Wildman–Crippen MR) is 111 cm³/mol. The van der Waals surface area contributed by atoms with Crippen LogP contribution in [0.1, 0.15) is 37.0 Å². The number of pyridine rings is 1. The van der Waals surface area contributed by atoms with Crippen LogP contribution in [0.5, 0.6) is 0 Å². The van der Waals surface area contributed by atoms with Gasteiger partial charge in [0, 0.05) is 30.7 Å². The van der Waals surface area contributed by atoms with Crippen molar-refractivity contribution in [3.63, 3.8) is 0 Å². The van der Waals surface area contributed by atoms with Gasteiger partial charge in [0.05, 0.1) is 11.1 Å². The fourth-order valence-corrected chi connectivity index (χ4v) is 4.17. The van der Waals surface area contributed by atoms with Gasteiger partial charge >= 0.3 is 0 Å². The molecular formula is C23H27N3O. The Kier molecular flexibility index (Phi) is 5.08. The van der Waals surface area contributed by atoms with Gasteiger partial charge in [-0.3, -0.25) is 9.78 Å². The van der Waals surface area contributed by atoms with Gasteiger partial charge in [0.25, 0.3) is 5.91 Å². The Hall–Kier alpha value is -2.46. The van der Waals surface area contributed by atoms with E-state index in [0.717, 1.165) is 34.8 Å². The molecule has 2 heterocycles. The fraction of sp³-hybridized carbons (Fsp3) is 0.391. The van der Waals surface area contributed by atoms with E-state index in [4.69, 9.17) is 0 Å². The molecule has 2 aromatic carbocycles. The molecule has 4 rings (SSSR count). The molecule has 1 N–H and O–H groups in total. The molecule has 1 aliphatic heterocycles. The first kappa shape index (κ1) is 17.9. The summed E-state index contributed by atoms with van der Waals surface area (Å²) in [6.07, 6.45) is 4.15. The van der Waals surface area contributed by atoms with Crippen molar-refractivity contribution in [1.82, 2.24) is 15.2 Å². The second-order valence-electron chi connectivity index (χ2n) is 7.85. The lowest BCUT2D eigenvalue weighted by atomic mass is 9.96. The maximum atomic E-state index is 13.0. The number of nitrogens with one attached hydrogen (secondary N) is 1. The maximum Gasteiger partial charge on any atom is 0.253 e. The van der Waals surface area contributed by atoms with Gasteiger partial charge in [-0.15, -0.1) is 0 Å². The normalized spacial score (nSPS) is 18.3. The van der Waals surface area contributed by atoms with Crippen molar-refractivity contribution in [3.8, 4) is 0 Å². The lowest BCUT2D eigenvalue weighted by Crippen LogP contribution is -2.43. The summed E-state index contributed by atoms with van der Waals surface area (Å²) >= 11 is 0. The summed E-state index contributed by atoms with van der Waals surface area (Å²) < 4.78 is 0. The molecule has 1 atom stereocenters. The number of likely N-dealkylation sites (tertiary alicyclic amines) is 1. The van der Waals surface area contributed by atoms with Crippen molar-refractivity contribution in [2.24, 2.45) is 5.92 Å². The number of carbonyl (C=O) groups is 1. The number of carbonyl (C=O) groups excluding carboxylic acids is 1. The highest BCUT2D eigenvalue weighted by Gasteiger charge is 2.22. The number of hydrogen-bond acceptors (Lipinski definition) is 3. The van der Waals surface area contributed by atoms with Gasteiger partial charge in [-0.05, 0) is 62.1 Å². The van der Waals surface area contributed by atoms with Crippen LogP contribution in [0.4, 0.5) is 0 Å². The number of aromatic nitrogens is 1. The van der Waals surface area contributed by atoms with E-state index in [2.05, 4.69) is 41.2 Å². The van der Waals surface area contributed by atoms with Crippen LogP contribution >= 0.6 is 0 Å². The van der Waals surface area contributed by atoms with E-state index in [1.54, 1.807) is 6.20 Å². The van der Waals surface area contributed by atoms with Crippen LogP contribution < -0.4 is 5.32 Å². The van der Waals surface area contributed by atoms with Crippen molar-refractivity contribution >= 4 is 27.6 Å². The van der Waals surface area contributed by atoms with Crippen LogP contribution in [-0.4, -0.2) is 41.5 Å². The molecule has 1 aromatic heterocycles. The minimum Gasteiger partial charge on any atom is -0.352 e. The average molecular weight is 361 g/mol. The molecule has 0 radical (unpaired) electrons. The van der Waals surface area contributed by atoms with Crippen molar-refractivity contribution in [1.29, 1.82) is 0 Å². The molecule has 0 bridgehead atoms. The number of benzene rings is 2. The highest BCUT2D eigenvalue weighted by Crippen LogP contribution is 2.27. The lowest BCUT2D eigenvalue weighted by Gasteiger charge is -2.35. The number of fused-ring (bicyclic) bond motifs is 3. The third-order valence-corrected chi connectivity index (χ3v) is 5.69. The van der Waals surface area contributed by atoms with E-state index < -0.39 is 0 Å². The molecule has 4 nitrogen and oxygen atoms in total. The Morgan fingerprint density at radius 1 is 1.22 bits per heavy atom. The van der Waals surface area contributed by atoms with E-state index in [-0.39, 0.29) is 5.91 Å². The van der Waals surface area contributed by atoms with Crippen LogP contribution in [0, 0.1) is 5.92 Å². The van der Waals surface area contributed by atoms with Gasteiger partial charge in [0.1, 0.15) is 0 Å². The molecule has 140 valence electrons. The van der Waals surface area contributed by atoms with E-state index in [1.807, 2.05) is 30.3 Å². The third kappa shape index (κ3) is 3.67. The summed E-state index contributed by atoms with van der Waals surface area (Å²) in [6, 6.07) is 14.7. The summed E-state index contributed by atoms with van der Waals surface area (Å²) in [6.45, 7) is 7.45. The summed E-state index contributed by atoms with van der Waals surface area (Å²) in [7, 11) is 0. The summed E-state index contributed by atoms with van der Waals surface area (Å²) in [5.74, 6) is 0.496. The number of piperidine rings is 1. The Balaban J connectivity index is 1.57. The maximum absolute atomic E-state index is 13.0. The molecule has 27 heavy (non-hydrogen) atoms. The molecule has 3 aromatic rings. The van der Waals surface area contributed by atoms with Gasteiger partial charge in [0.2, 0.25) is 0 Å². The molecule has 1 aliphatic rings. The summed E-state index contributed by atoms with van der Waals surface area (Å²) in [5, 5.41) is 6.42. The Labute approximate surface area is 160 Å². The van der Waals surface area contributed by atoms with Crippen LogP contribution in [0.25, 0.3) is 21.7 Å². The molecule has 4 heteroatoms. The lowest BCUT2D eigenvalue weighted by molar-refractivity contribution is 0.0924. The van der Waals surface area contributed by atoms with Crippen LogP contribution in [0.15, 0.2) is 48.7 Å². The monoisotopic (exact) mass is 361 g/mol. The highest BCUT2D eigenvalue weighted by atomic mass is 16.1. The molecule has 1 amide bonds. The highest BCUT2D eigenvalue weighted by molar-refractivity contribution is 6.15. The first-order chi connectivity index (χ1) is 13.1. The third-order valence-electron chi connectivity index (χ3n) is 5.69. The quantitative estimate of drug-likeness (QED) is 0.707. The zero-order valence-corrected chi connectivity index (χ0v) is 16.1. The zero-order chi connectivity index (χ0) is 18.8. The van der Waals surface area contributed by atoms with Crippen molar-refractivity contribution in [2.45, 2.75) is 32.7 Å². The molecule has 1 fully saturated rings. The summed E-state index contributed by atoms with van der Waals surface area (Å²) in [4.78, 5) is 20.0. The van der Waals surface area contributed by atoms with Gasteiger partial charge in [-0.2, -0.15) is 0 Å². The van der Waals surface area contributed by atoms with Crippen LogP contribution in [0.2, 0.25) is 0 Å². The molecule has 0 spiro atoms. The Bertz CT molecular complexity index is 966. The van der Waals surface area contributed by atoms with Crippen LogP contribution in [0.3, 0.4) is 0 Å². The van der Waals surface area contributed by atoms with E-state index in [9.17, 15) is 4.79 Å². The van der Waals surface area contributed by atoms with Crippen molar-refractivity contribution < 1.29 is 4.79 Å². The minimum atomic E-state index is -0.0221. The van der Waals surface area contributed by atoms with Gasteiger partial charge < -0.3 is 10.2 Å². The van der Waals surface area contributed by atoms with Gasteiger partial charge in [-0.25, -0.2) is 0 Å². The first-order valence-corrected chi connectivity index (χ1v) is 9.92. The SMILES string of the molecule is CC(C)N1CCCC(CNC(=O)c2cc3ccccc3c3cccnc23)C1. The van der Waals surface area contributed by atoms with E-state index >= 15 is 0 Å². The molecule has 0 aliphatic carbocycles. The Morgan fingerprint density at radius 2 is 2.04 bits per heavy atom. The largest absolute Gasteiger partial charge is 0.352 e. The standard InChI is InChI=1S/C23H27N3O/c1-16(2)26-12-6-7-17(15-26)14-25-23(27)21-13-18-8-3-4-9-19(18)20-10-5-11-24-22(20)21/h3-5,8-11,13,16-17H,6-7,12,14-15H2,1-2H3,(H,25,27). The predicted octanol–water partition coefficient (Wildman–Crippen LogP) is 4.24.